The lowest BCUT2D eigenvalue weighted by molar-refractivity contribution is -0.0914. The first-order valence-electron chi connectivity index (χ1n) is 5.28. The fourth-order valence-corrected chi connectivity index (χ4v) is 2.26. The predicted molar refractivity (Wildman–Crippen MR) is 69.0 cm³/mol. The van der Waals surface area contributed by atoms with Crippen LogP contribution in [-0.4, -0.2) is 41.8 Å². The number of nitrogens with one attached hydrogen (secondary N) is 1. The van der Waals surface area contributed by atoms with Crippen LogP contribution >= 0.6 is 11.3 Å². The second-order valence-corrected chi connectivity index (χ2v) is 4.62. The van der Waals surface area contributed by atoms with Crippen molar-refractivity contribution in [3.63, 3.8) is 0 Å². The Morgan fingerprint density at radius 2 is 2.22 bits per heavy atom. The van der Waals surface area contributed by atoms with Gasteiger partial charge in [-0.05, 0) is 0 Å². The molecule has 1 N–H and O–H groups in total. The van der Waals surface area contributed by atoms with Crippen molar-refractivity contribution >= 4 is 26.7 Å². The maximum absolute atomic E-state index is 11.8. The largest absolute Gasteiger partial charge is 0.356 e. The summed E-state index contributed by atoms with van der Waals surface area (Å²) in [5, 5.41) is 7.66. The minimum absolute atomic E-state index is 0.202. The van der Waals surface area contributed by atoms with Gasteiger partial charge < -0.3 is 14.8 Å². The average molecular weight is 270 g/mol. The van der Waals surface area contributed by atoms with E-state index in [9.17, 15) is 4.79 Å². The Balaban J connectivity index is 2.20. The molecule has 0 aromatic carbocycles. The van der Waals surface area contributed by atoms with E-state index in [2.05, 4.69) is 15.4 Å². The number of hydrogen-bond acceptors (Lipinski definition) is 7. The van der Waals surface area contributed by atoms with E-state index in [4.69, 9.17) is 9.47 Å². The molecule has 0 amide bonds. The van der Waals surface area contributed by atoms with Crippen molar-refractivity contribution in [1.82, 2.24) is 14.8 Å². The Bertz CT molecular complexity index is 590. The molecule has 8 heteroatoms. The van der Waals surface area contributed by atoms with Crippen LogP contribution in [0.2, 0.25) is 0 Å². The molecule has 0 aliphatic heterocycles. The molecule has 18 heavy (non-hydrogen) atoms. The number of fused-ring (bicyclic) bond motifs is 1. The molecule has 0 radical (unpaired) electrons. The van der Waals surface area contributed by atoms with Gasteiger partial charge in [0.2, 0.25) is 0 Å². The van der Waals surface area contributed by atoms with E-state index >= 15 is 0 Å². The second kappa shape index (κ2) is 5.42. The van der Waals surface area contributed by atoms with E-state index < -0.39 is 0 Å². The Morgan fingerprint density at radius 1 is 1.50 bits per heavy atom. The average Bonchev–Trinajstić information content (AvgIpc) is 2.79. The van der Waals surface area contributed by atoms with E-state index in [-0.39, 0.29) is 11.8 Å². The summed E-state index contributed by atoms with van der Waals surface area (Å²) >= 11 is 1.37. The third-order valence-corrected chi connectivity index (χ3v) is 3.39. The van der Waals surface area contributed by atoms with Crippen LogP contribution in [0.1, 0.15) is 0 Å². The van der Waals surface area contributed by atoms with Crippen LogP contribution in [0.25, 0.3) is 10.2 Å². The molecule has 0 spiro atoms. The highest BCUT2D eigenvalue weighted by Crippen LogP contribution is 2.22. The summed E-state index contributed by atoms with van der Waals surface area (Å²) in [6.07, 6.45) is 1.28. The third-order valence-electron chi connectivity index (χ3n) is 2.44. The quantitative estimate of drug-likeness (QED) is 0.793. The number of hydrogen-bond donors (Lipinski definition) is 1. The first-order valence-corrected chi connectivity index (χ1v) is 6.09. The zero-order chi connectivity index (χ0) is 13.1. The number of ether oxygens (including phenoxy) is 2. The maximum Gasteiger partial charge on any atom is 0.293 e. The summed E-state index contributed by atoms with van der Waals surface area (Å²) in [7, 11) is 4.72. The Labute approximate surface area is 107 Å². The number of methoxy groups -OCH3 is 2. The van der Waals surface area contributed by atoms with Crippen LogP contribution in [0.15, 0.2) is 11.0 Å². The van der Waals surface area contributed by atoms with Crippen molar-refractivity contribution in [2.24, 2.45) is 7.05 Å². The van der Waals surface area contributed by atoms with E-state index in [0.29, 0.717) is 17.2 Å². The highest BCUT2D eigenvalue weighted by atomic mass is 32.1. The first-order chi connectivity index (χ1) is 8.65. The van der Waals surface area contributed by atoms with Crippen LogP contribution in [-0.2, 0) is 16.5 Å². The molecule has 0 unspecified atom stereocenters. The minimum atomic E-state index is -0.349. The van der Waals surface area contributed by atoms with Gasteiger partial charge in [-0.2, -0.15) is 5.10 Å². The van der Waals surface area contributed by atoms with Crippen LogP contribution in [0.3, 0.4) is 0 Å². The van der Waals surface area contributed by atoms with Crippen LogP contribution < -0.4 is 10.9 Å². The van der Waals surface area contributed by atoms with E-state index in [0.717, 1.165) is 4.70 Å². The molecule has 98 valence electrons. The number of thiazole rings is 1. The molecule has 0 aliphatic rings. The van der Waals surface area contributed by atoms with E-state index in [1.807, 2.05) is 0 Å². The standard InChI is InChI=1S/C10H14N4O3S/c1-14-9(15)8-6(4-12-14)18-10(13-8)11-5-7(16-2)17-3/h4,7H,5H2,1-3H3,(H,11,13). The molecule has 0 saturated heterocycles. The molecule has 0 aliphatic carbocycles. The van der Waals surface area contributed by atoms with Gasteiger partial charge in [0.15, 0.2) is 16.9 Å². The molecule has 0 bridgehead atoms. The van der Waals surface area contributed by atoms with Crippen LogP contribution in [0.5, 0.6) is 0 Å². The van der Waals surface area contributed by atoms with Crippen molar-refractivity contribution < 1.29 is 9.47 Å². The summed E-state index contributed by atoms with van der Waals surface area (Å²) < 4.78 is 12.1. The smallest absolute Gasteiger partial charge is 0.293 e. The fourth-order valence-electron chi connectivity index (χ4n) is 1.43. The minimum Gasteiger partial charge on any atom is -0.356 e. The first kappa shape index (κ1) is 12.9. The van der Waals surface area contributed by atoms with Gasteiger partial charge in [-0.1, -0.05) is 11.3 Å². The van der Waals surface area contributed by atoms with Gasteiger partial charge in [0.05, 0.1) is 17.4 Å². The summed E-state index contributed by atoms with van der Waals surface area (Å²) in [6, 6.07) is 0. The lowest BCUT2D eigenvalue weighted by atomic mass is 10.5. The molecule has 2 aromatic rings. The monoisotopic (exact) mass is 270 g/mol. The van der Waals surface area contributed by atoms with Gasteiger partial charge in [0.1, 0.15) is 0 Å². The van der Waals surface area contributed by atoms with Gasteiger partial charge in [-0.15, -0.1) is 0 Å². The summed E-state index contributed by atoms with van der Waals surface area (Å²) in [4.78, 5) is 16.0. The third kappa shape index (κ3) is 2.50. The molecule has 2 heterocycles. The zero-order valence-electron chi connectivity index (χ0n) is 10.3. The lowest BCUT2D eigenvalue weighted by Crippen LogP contribution is -2.23. The predicted octanol–water partition coefficient (Wildman–Crippen LogP) is 0.421. The van der Waals surface area contributed by atoms with Crippen molar-refractivity contribution in [2.45, 2.75) is 6.29 Å². The van der Waals surface area contributed by atoms with Crippen molar-refractivity contribution in [3.05, 3.63) is 16.6 Å². The zero-order valence-corrected chi connectivity index (χ0v) is 11.2. The van der Waals surface area contributed by atoms with Crippen molar-refractivity contribution in [3.8, 4) is 0 Å². The molecule has 0 atom stereocenters. The van der Waals surface area contributed by atoms with Gasteiger partial charge in [0, 0.05) is 21.3 Å². The molecule has 7 nitrogen and oxygen atoms in total. The van der Waals surface area contributed by atoms with Gasteiger partial charge in [-0.3, -0.25) is 4.79 Å². The van der Waals surface area contributed by atoms with E-state index in [1.165, 1.54) is 16.0 Å². The number of anilines is 1. The topological polar surface area (TPSA) is 78.3 Å². The Hall–Kier alpha value is -1.51. The van der Waals surface area contributed by atoms with Crippen molar-refractivity contribution in [2.75, 3.05) is 26.1 Å². The Kier molecular flexibility index (Phi) is 3.90. The number of nitrogens with zero attached hydrogens (tertiary/aromatic N) is 3. The summed E-state index contributed by atoms with van der Waals surface area (Å²) in [5.41, 5.74) is 0.221. The van der Waals surface area contributed by atoms with Gasteiger partial charge >= 0.3 is 0 Å². The number of rotatable bonds is 5. The molecule has 0 fully saturated rings. The van der Waals surface area contributed by atoms with Gasteiger partial charge in [0.25, 0.3) is 5.56 Å². The number of aryl methyl sites for hydroxylation is 1. The normalized spacial score (nSPS) is 11.3. The molecular formula is C10H14N4O3S. The lowest BCUT2D eigenvalue weighted by Gasteiger charge is -2.12. The highest BCUT2D eigenvalue weighted by Gasteiger charge is 2.10. The van der Waals surface area contributed by atoms with Gasteiger partial charge in [-0.25, -0.2) is 9.67 Å². The second-order valence-electron chi connectivity index (χ2n) is 3.59. The maximum atomic E-state index is 11.8. The summed E-state index contributed by atoms with van der Waals surface area (Å²) in [5.74, 6) is 0. The van der Waals surface area contributed by atoms with Crippen LogP contribution in [0.4, 0.5) is 5.13 Å². The number of aromatic nitrogens is 3. The van der Waals surface area contributed by atoms with Crippen molar-refractivity contribution in [1.29, 1.82) is 0 Å². The fraction of sp³-hybridized carbons (Fsp3) is 0.500. The van der Waals surface area contributed by atoms with E-state index in [1.54, 1.807) is 27.5 Å². The molecular weight excluding hydrogens is 256 g/mol. The highest BCUT2D eigenvalue weighted by molar-refractivity contribution is 7.22. The molecule has 2 rings (SSSR count). The Morgan fingerprint density at radius 3 is 2.89 bits per heavy atom. The van der Waals surface area contributed by atoms with Crippen LogP contribution in [0, 0.1) is 0 Å². The summed E-state index contributed by atoms with van der Waals surface area (Å²) in [6.45, 7) is 0.459. The molecule has 0 saturated carbocycles. The molecule has 2 aromatic heterocycles. The SMILES string of the molecule is COC(CNc1nc2c(=O)n(C)ncc2s1)OC.